The van der Waals surface area contributed by atoms with Crippen molar-refractivity contribution in [2.75, 3.05) is 6.54 Å². The molecule has 0 radical (unpaired) electrons. The lowest BCUT2D eigenvalue weighted by atomic mass is 10.0. The van der Waals surface area contributed by atoms with Gasteiger partial charge in [-0.2, -0.15) is 4.31 Å². The number of nitrogens with zero attached hydrogens (tertiary/aromatic N) is 2. The SMILES string of the molecule is CCC1CCCCN1S(=O)(=O)c1cccnc1CN. The van der Waals surface area contributed by atoms with Crippen molar-refractivity contribution in [3.8, 4) is 0 Å². The molecule has 1 aliphatic heterocycles. The maximum atomic E-state index is 12.8. The van der Waals surface area contributed by atoms with Crippen molar-refractivity contribution in [1.82, 2.24) is 9.29 Å². The number of nitrogens with two attached hydrogens (primary N) is 1. The van der Waals surface area contributed by atoms with Gasteiger partial charge in [0.05, 0.1) is 5.69 Å². The van der Waals surface area contributed by atoms with Gasteiger partial charge in [-0.3, -0.25) is 4.98 Å². The summed E-state index contributed by atoms with van der Waals surface area (Å²) in [5.41, 5.74) is 6.05. The Kier molecular flexibility index (Phi) is 4.54. The lowest BCUT2D eigenvalue weighted by molar-refractivity contribution is 0.246. The first kappa shape index (κ1) is 14.4. The van der Waals surface area contributed by atoms with E-state index in [-0.39, 0.29) is 17.5 Å². The average molecular weight is 283 g/mol. The molecule has 6 heteroatoms. The second-order valence-corrected chi connectivity index (χ2v) is 6.68. The number of piperidine rings is 1. The fraction of sp³-hybridized carbons (Fsp3) is 0.615. The molecule has 0 aliphatic carbocycles. The Morgan fingerprint density at radius 1 is 1.47 bits per heavy atom. The van der Waals surface area contributed by atoms with Gasteiger partial charge in [0.15, 0.2) is 0 Å². The summed E-state index contributed by atoms with van der Waals surface area (Å²) in [5, 5.41) is 0. The minimum absolute atomic E-state index is 0.101. The van der Waals surface area contributed by atoms with Crippen LogP contribution in [0.25, 0.3) is 0 Å². The van der Waals surface area contributed by atoms with Crippen LogP contribution in [0.5, 0.6) is 0 Å². The Hall–Kier alpha value is -0.980. The van der Waals surface area contributed by atoms with E-state index >= 15 is 0 Å². The lowest BCUT2D eigenvalue weighted by Gasteiger charge is -2.34. The normalized spacial score (nSPS) is 21.5. The van der Waals surface area contributed by atoms with Crippen LogP contribution < -0.4 is 5.73 Å². The number of rotatable bonds is 4. The van der Waals surface area contributed by atoms with E-state index in [9.17, 15) is 8.42 Å². The van der Waals surface area contributed by atoms with Crippen LogP contribution in [0.2, 0.25) is 0 Å². The molecule has 0 saturated carbocycles. The molecule has 5 nitrogen and oxygen atoms in total. The monoisotopic (exact) mass is 283 g/mol. The number of hydrogen-bond donors (Lipinski definition) is 1. The molecule has 2 N–H and O–H groups in total. The van der Waals surface area contributed by atoms with Gasteiger partial charge in [0, 0.05) is 25.3 Å². The Balaban J connectivity index is 2.40. The molecule has 1 atom stereocenters. The first-order valence-corrected chi connectivity index (χ1v) is 8.21. The standard InChI is InChI=1S/C13H21N3O2S/c1-2-11-6-3-4-9-16(11)19(17,18)13-7-5-8-15-12(13)10-14/h5,7-8,11H,2-4,6,9-10,14H2,1H3. The zero-order chi connectivity index (χ0) is 13.9. The lowest BCUT2D eigenvalue weighted by Crippen LogP contribution is -2.43. The summed E-state index contributed by atoms with van der Waals surface area (Å²) in [6.45, 7) is 2.77. The Morgan fingerprint density at radius 2 is 2.26 bits per heavy atom. The predicted molar refractivity (Wildman–Crippen MR) is 74.0 cm³/mol. The topological polar surface area (TPSA) is 76.3 Å². The fourth-order valence-electron chi connectivity index (χ4n) is 2.64. The zero-order valence-electron chi connectivity index (χ0n) is 11.2. The van der Waals surface area contributed by atoms with E-state index in [2.05, 4.69) is 4.98 Å². The summed E-state index contributed by atoms with van der Waals surface area (Å²) in [4.78, 5) is 4.34. The number of aromatic nitrogens is 1. The van der Waals surface area contributed by atoms with Crippen molar-refractivity contribution in [2.45, 2.75) is 50.1 Å². The maximum Gasteiger partial charge on any atom is 0.245 e. The van der Waals surface area contributed by atoms with E-state index in [4.69, 9.17) is 5.73 Å². The van der Waals surface area contributed by atoms with Crippen LogP contribution in [0.3, 0.4) is 0 Å². The average Bonchev–Trinajstić information content (AvgIpc) is 2.47. The van der Waals surface area contributed by atoms with E-state index < -0.39 is 10.0 Å². The van der Waals surface area contributed by atoms with Gasteiger partial charge >= 0.3 is 0 Å². The molecular weight excluding hydrogens is 262 g/mol. The van der Waals surface area contributed by atoms with Crippen molar-refractivity contribution in [3.63, 3.8) is 0 Å². The highest BCUT2D eigenvalue weighted by Crippen LogP contribution is 2.27. The van der Waals surface area contributed by atoms with Crippen molar-refractivity contribution >= 4 is 10.0 Å². The molecule has 1 aromatic rings. The fourth-order valence-corrected chi connectivity index (χ4v) is 4.59. The van der Waals surface area contributed by atoms with Crippen molar-refractivity contribution in [1.29, 1.82) is 0 Å². The van der Waals surface area contributed by atoms with Crippen molar-refractivity contribution in [2.24, 2.45) is 5.73 Å². The number of sulfonamides is 1. The molecule has 106 valence electrons. The van der Waals surface area contributed by atoms with Gasteiger partial charge in [-0.1, -0.05) is 13.3 Å². The Morgan fingerprint density at radius 3 is 2.95 bits per heavy atom. The third-order valence-electron chi connectivity index (χ3n) is 3.67. The molecule has 19 heavy (non-hydrogen) atoms. The first-order chi connectivity index (χ1) is 9.11. The minimum Gasteiger partial charge on any atom is -0.325 e. The van der Waals surface area contributed by atoms with Gasteiger partial charge in [-0.25, -0.2) is 8.42 Å². The third kappa shape index (κ3) is 2.80. The summed E-state index contributed by atoms with van der Waals surface area (Å²) in [6.07, 6.45) is 5.38. The van der Waals surface area contributed by atoms with Crippen LogP contribution in [0, 0.1) is 0 Å². The van der Waals surface area contributed by atoms with E-state index in [0.29, 0.717) is 12.2 Å². The van der Waals surface area contributed by atoms with E-state index in [0.717, 1.165) is 25.7 Å². The summed E-state index contributed by atoms with van der Waals surface area (Å²) < 4.78 is 27.2. The van der Waals surface area contributed by atoms with Gasteiger partial charge in [-0.15, -0.1) is 0 Å². The minimum atomic E-state index is -3.48. The summed E-state index contributed by atoms with van der Waals surface area (Å²) in [7, 11) is -3.48. The molecule has 0 aromatic carbocycles. The van der Waals surface area contributed by atoms with Crippen LogP contribution in [0.15, 0.2) is 23.2 Å². The van der Waals surface area contributed by atoms with Crippen LogP contribution in [0.4, 0.5) is 0 Å². The highest BCUT2D eigenvalue weighted by molar-refractivity contribution is 7.89. The van der Waals surface area contributed by atoms with E-state index in [1.165, 1.54) is 0 Å². The molecule has 0 amide bonds. The molecule has 2 rings (SSSR count). The number of pyridine rings is 1. The molecule has 2 heterocycles. The Labute approximate surface area is 114 Å². The van der Waals surface area contributed by atoms with Gasteiger partial charge in [-0.05, 0) is 31.4 Å². The molecule has 0 spiro atoms. The zero-order valence-corrected chi connectivity index (χ0v) is 12.1. The van der Waals surface area contributed by atoms with Gasteiger partial charge in [0.2, 0.25) is 10.0 Å². The first-order valence-electron chi connectivity index (χ1n) is 6.77. The molecule has 1 saturated heterocycles. The Bertz CT molecular complexity index is 530. The second kappa shape index (κ2) is 5.98. The van der Waals surface area contributed by atoms with Crippen molar-refractivity contribution in [3.05, 3.63) is 24.0 Å². The van der Waals surface area contributed by atoms with Crippen LogP contribution in [-0.4, -0.2) is 30.3 Å². The second-order valence-electron chi connectivity index (χ2n) is 4.83. The van der Waals surface area contributed by atoms with Crippen LogP contribution in [-0.2, 0) is 16.6 Å². The van der Waals surface area contributed by atoms with E-state index in [1.807, 2.05) is 6.92 Å². The summed E-state index contributed by atoms with van der Waals surface area (Å²) >= 11 is 0. The highest BCUT2D eigenvalue weighted by Gasteiger charge is 2.33. The quantitative estimate of drug-likeness (QED) is 0.908. The molecule has 1 unspecified atom stereocenters. The maximum absolute atomic E-state index is 12.8. The van der Waals surface area contributed by atoms with Gasteiger partial charge in [0.25, 0.3) is 0 Å². The molecule has 1 fully saturated rings. The summed E-state index contributed by atoms with van der Waals surface area (Å²) in [5.74, 6) is 0. The van der Waals surface area contributed by atoms with Crippen molar-refractivity contribution < 1.29 is 8.42 Å². The van der Waals surface area contributed by atoms with Gasteiger partial charge < -0.3 is 5.73 Å². The number of hydrogen-bond acceptors (Lipinski definition) is 4. The molecule has 0 bridgehead atoms. The van der Waals surface area contributed by atoms with Crippen LogP contribution in [0.1, 0.15) is 38.3 Å². The summed E-state index contributed by atoms with van der Waals surface area (Å²) in [6, 6.07) is 3.35. The molecule has 1 aromatic heterocycles. The smallest absolute Gasteiger partial charge is 0.245 e. The van der Waals surface area contributed by atoms with Gasteiger partial charge in [0.1, 0.15) is 4.90 Å². The predicted octanol–water partition coefficient (Wildman–Crippen LogP) is 1.49. The molecular formula is C13H21N3O2S. The highest BCUT2D eigenvalue weighted by atomic mass is 32.2. The van der Waals surface area contributed by atoms with E-state index in [1.54, 1.807) is 22.6 Å². The van der Waals surface area contributed by atoms with Crippen LogP contribution >= 0.6 is 0 Å². The third-order valence-corrected chi connectivity index (χ3v) is 5.70. The molecule has 1 aliphatic rings. The largest absolute Gasteiger partial charge is 0.325 e.